The predicted molar refractivity (Wildman–Crippen MR) is 113 cm³/mol. The maximum absolute atomic E-state index is 12.0. The van der Waals surface area contributed by atoms with Crippen LogP contribution in [0.4, 0.5) is 4.79 Å². The first-order valence-corrected chi connectivity index (χ1v) is 10.6. The first-order valence-electron chi connectivity index (χ1n) is 10.6. The van der Waals surface area contributed by atoms with Crippen molar-refractivity contribution in [2.45, 2.75) is 57.4 Å². The molecule has 156 valence electrons. The molecule has 1 aliphatic carbocycles. The Morgan fingerprint density at radius 1 is 1.03 bits per heavy atom. The van der Waals surface area contributed by atoms with Gasteiger partial charge in [0, 0.05) is 37.9 Å². The summed E-state index contributed by atoms with van der Waals surface area (Å²) in [5, 5.41) is 13.0. The lowest BCUT2D eigenvalue weighted by Crippen LogP contribution is -2.43. The number of nitrogens with one attached hydrogen (secondary N) is 3. The van der Waals surface area contributed by atoms with Crippen LogP contribution < -0.4 is 16.0 Å². The molecular formula is C22H31N5O2. The second-order valence-electron chi connectivity index (χ2n) is 7.56. The maximum Gasteiger partial charge on any atom is 0.315 e. The normalized spacial score (nSPS) is 14.3. The fourth-order valence-electron chi connectivity index (χ4n) is 3.61. The van der Waals surface area contributed by atoms with E-state index in [1.807, 2.05) is 29.1 Å². The number of aromatic nitrogens is 2. The molecule has 0 bridgehead atoms. The van der Waals surface area contributed by atoms with E-state index in [1.165, 1.54) is 24.8 Å². The maximum atomic E-state index is 12.0. The first-order chi connectivity index (χ1) is 14.2. The van der Waals surface area contributed by atoms with E-state index in [1.54, 1.807) is 6.20 Å². The molecule has 1 aromatic heterocycles. The summed E-state index contributed by atoms with van der Waals surface area (Å²) in [6.07, 6.45) is 11.3. The fraction of sp³-hybridized carbons (Fsp3) is 0.500. The number of carbonyl (C=O) groups excluding carboxylic acids is 2. The van der Waals surface area contributed by atoms with Crippen LogP contribution in [0.2, 0.25) is 0 Å². The number of amides is 3. The second-order valence-corrected chi connectivity index (χ2v) is 7.56. The van der Waals surface area contributed by atoms with Gasteiger partial charge in [0.25, 0.3) is 0 Å². The number of hydrogen-bond acceptors (Lipinski definition) is 3. The van der Waals surface area contributed by atoms with Gasteiger partial charge in [-0.2, -0.15) is 5.10 Å². The Morgan fingerprint density at radius 2 is 1.83 bits per heavy atom. The van der Waals surface area contributed by atoms with E-state index in [0.717, 1.165) is 24.9 Å². The van der Waals surface area contributed by atoms with Crippen molar-refractivity contribution in [1.29, 1.82) is 0 Å². The molecule has 3 rings (SSSR count). The van der Waals surface area contributed by atoms with Gasteiger partial charge in [-0.25, -0.2) is 9.48 Å². The molecule has 7 heteroatoms. The van der Waals surface area contributed by atoms with Crippen LogP contribution >= 0.6 is 0 Å². The molecular weight excluding hydrogens is 366 g/mol. The molecule has 1 heterocycles. The third-order valence-electron chi connectivity index (χ3n) is 5.25. The minimum absolute atomic E-state index is 0.0210. The van der Waals surface area contributed by atoms with E-state index < -0.39 is 0 Å². The lowest BCUT2D eigenvalue weighted by Gasteiger charge is -2.22. The summed E-state index contributed by atoms with van der Waals surface area (Å²) in [5.41, 5.74) is 2.19. The van der Waals surface area contributed by atoms with Crippen LogP contribution in [0.3, 0.4) is 0 Å². The Kier molecular flexibility index (Phi) is 8.10. The fourth-order valence-corrected chi connectivity index (χ4v) is 3.61. The smallest absolute Gasteiger partial charge is 0.315 e. The molecule has 0 saturated heterocycles. The predicted octanol–water partition coefficient (Wildman–Crippen LogP) is 2.94. The summed E-state index contributed by atoms with van der Waals surface area (Å²) in [6, 6.07) is 10.2. The summed E-state index contributed by atoms with van der Waals surface area (Å²) in [4.78, 5) is 23.8. The molecule has 1 aliphatic rings. The summed E-state index contributed by atoms with van der Waals surface area (Å²) in [5.74, 6) is 0.0210. The largest absolute Gasteiger partial charge is 0.356 e. The number of urea groups is 1. The molecule has 29 heavy (non-hydrogen) atoms. The highest BCUT2D eigenvalue weighted by atomic mass is 16.2. The number of hydrogen-bond donors (Lipinski definition) is 3. The molecule has 7 nitrogen and oxygen atoms in total. The molecule has 0 atom stereocenters. The van der Waals surface area contributed by atoms with Crippen molar-refractivity contribution in [3.8, 4) is 5.69 Å². The Balaban J connectivity index is 1.24. The van der Waals surface area contributed by atoms with Gasteiger partial charge in [0.1, 0.15) is 0 Å². The summed E-state index contributed by atoms with van der Waals surface area (Å²) >= 11 is 0. The van der Waals surface area contributed by atoms with Gasteiger partial charge < -0.3 is 16.0 Å². The van der Waals surface area contributed by atoms with Gasteiger partial charge in [-0.05, 0) is 49.4 Å². The summed E-state index contributed by atoms with van der Waals surface area (Å²) in [6.45, 7) is 1.12. The van der Waals surface area contributed by atoms with Gasteiger partial charge in [0.15, 0.2) is 0 Å². The monoisotopic (exact) mass is 397 g/mol. The Morgan fingerprint density at radius 3 is 2.55 bits per heavy atom. The van der Waals surface area contributed by atoms with E-state index in [2.05, 4.69) is 33.2 Å². The molecule has 1 saturated carbocycles. The minimum Gasteiger partial charge on any atom is -0.356 e. The molecule has 0 unspecified atom stereocenters. The van der Waals surface area contributed by atoms with Crippen LogP contribution in [-0.4, -0.2) is 40.9 Å². The van der Waals surface area contributed by atoms with Crippen molar-refractivity contribution in [3.05, 3.63) is 48.3 Å². The molecule has 2 aromatic rings. The van der Waals surface area contributed by atoms with Gasteiger partial charge in [-0.15, -0.1) is 0 Å². The average Bonchev–Trinajstić information content (AvgIpc) is 3.27. The van der Waals surface area contributed by atoms with Crippen molar-refractivity contribution < 1.29 is 9.59 Å². The number of carbonyl (C=O) groups is 2. The molecule has 0 radical (unpaired) electrons. The van der Waals surface area contributed by atoms with Gasteiger partial charge in [-0.3, -0.25) is 4.79 Å². The van der Waals surface area contributed by atoms with Gasteiger partial charge >= 0.3 is 6.03 Å². The standard InChI is InChI=1S/C22H31N5O2/c28-21(8-4-14-24-22(29)26-19-6-2-1-3-7-19)23-16-13-18-9-11-20(12-10-18)27-17-5-15-25-27/h5,9-12,15,17,19H,1-4,6-8,13-14,16H2,(H,23,28)(H2,24,26,29). The second kappa shape index (κ2) is 11.2. The number of nitrogens with zero attached hydrogens (tertiary/aromatic N) is 2. The van der Waals surface area contributed by atoms with Crippen molar-refractivity contribution >= 4 is 11.9 Å². The molecule has 1 fully saturated rings. The summed E-state index contributed by atoms with van der Waals surface area (Å²) < 4.78 is 1.81. The topological polar surface area (TPSA) is 88.0 Å². The highest BCUT2D eigenvalue weighted by Crippen LogP contribution is 2.17. The van der Waals surface area contributed by atoms with Gasteiger partial charge in [0.05, 0.1) is 5.69 Å². The van der Waals surface area contributed by atoms with Crippen LogP contribution in [0, 0.1) is 0 Å². The molecule has 0 aliphatic heterocycles. The number of benzene rings is 1. The van der Waals surface area contributed by atoms with Crippen LogP contribution in [0.15, 0.2) is 42.7 Å². The highest BCUT2D eigenvalue weighted by molar-refractivity contribution is 5.76. The van der Waals surface area contributed by atoms with Crippen molar-refractivity contribution in [1.82, 2.24) is 25.7 Å². The SMILES string of the molecule is O=C(CCCNC(=O)NC1CCCCC1)NCCc1ccc(-n2cccn2)cc1. The Bertz CT molecular complexity index is 752. The van der Waals surface area contributed by atoms with Crippen LogP contribution in [-0.2, 0) is 11.2 Å². The lowest BCUT2D eigenvalue weighted by atomic mass is 9.96. The minimum atomic E-state index is -0.115. The zero-order valence-corrected chi connectivity index (χ0v) is 16.9. The Labute approximate surface area is 172 Å². The number of rotatable bonds is 9. The van der Waals surface area contributed by atoms with Crippen molar-refractivity contribution in [3.63, 3.8) is 0 Å². The lowest BCUT2D eigenvalue weighted by molar-refractivity contribution is -0.121. The molecule has 3 amide bonds. The molecule has 0 spiro atoms. The highest BCUT2D eigenvalue weighted by Gasteiger charge is 2.15. The van der Waals surface area contributed by atoms with E-state index in [-0.39, 0.29) is 11.9 Å². The van der Waals surface area contributed by atoms with Crippen LogP contribution in [0.5, 0.6) is 0 Å². The van der Waals surface area contributed by atoms with E-state index >= 15 is 0 Å². The van der Waals surface area contributed by atoms with Gasteiger partial charge in [0.2, 0.25) is 5.91 Å². The van der Waals surface area contributed by atoms with Crippen molar-refractivity contribution in [2.75, 3.05) is 13.1 Å². The quantitative estimate of drug-likeness (QED) is 0.569. The molecule has 1 aromatic carbocycles. The van der Waals surface area contributed by atoms with Crippen LogP contribution in [0.25, 0.3) is 5.69 Å². The first kappa shape index (κ1) is 20.9. The zero-order valence-electron chi connectivity index (χ0n) is 16.9. The van der Waals surface area contributed by atoms with E-state index in [4.69, 9.17) is 0 Å². The zero-order chi connectivity index (χ0) is 20.3. The van der Waals surface area contributed by atoms with Crippen molar-refractivity contribution in [2.24, 2.45) is 0 Å². The van der Waals surface area contributed by atoms with E-state index in [0.29, 0.717) is 32.0 Å². The van der Waals surface area contributed by atoms with Crippen LogP contribution in [0.1, 0.15) is 50.5 Å². The average molecular weight is 398 g/mol. The van der Waals surface area contributed by atoms with Gasteiger partial charge in [-0.1, -0.05) is 31.4 Å². The third kappa shape index (κ3) is 7.25. The van der Waals surface area contributed by atoms with E-state index in [9.17, 15) is 9.59 Å². The Hall–Kier alpha value is -2.83. The third-order valence-corrected chi connectivity index (χ3v) is 5.25. The molecule has 3 N–H and O–H groups in total. The summed E-state index contributed by atoms with van der Waals surface area (Å²) in [7, 11) is 0.